The second kappa shape index (κ2) is 9.72. The number of furan rings is 1. The molecule has 31 heavy (non-hydrogen) atoms. The minimum atomic E-state index is -0.178. The Morgan fingerprint density at radius 1 is 1.13 bits per heavy atom. The van der Waals surface area contributed by atoms with E-state index in [1.165, 1.54) is 11.8 Å². The van der Waals surface area contributed by atoms with E-state index in [1.807, 2.05) is 47.9 Å². The third-order valence-corrected chi connectivity index (χ3v) is 5.43. The summed E-state index contributed by atoms with van der Waals surface area (Å²) in [5.41, 5.74) is 1.44. The van der Waals surface area contributed by atoms with E-state index in [-0.39, 0.29) is 11.7 Å². The molecule has 0 saturated heterocycles. The normalized spacial score (nSPS) is 10.8. The summed E-state index contributed by atoms with van der Waals surface area (Å²) in [6.45, 7) is 2.41. The number of benzene rings is 2. The molecule has 0 bridgehead atoms. The van der Waals surface area contributed by atoms with Crippen LogP contribution in [0.4, 0.5) is 5.69 Å². The fraction of sp³-hybridized carbons (Fsp3) is 0.136. The van der Waals surface area contributed by atoms with Gasteiger partial charge in [0.15, 0.2) is 10.9 Å². The van der Waals surface area contributed by atoms with E-state index in [0.717, 1.165) is 5.69 Å². The Hall–Kier alpha value is -3.23. The van der Waals surface area contributed by atoms with Crippen molar-refractivity contribution in [2.45, 2.75) is 12.1 Å². The number of hydrogen-bond donors (Lipinski definition) is 1. The summed E-state index contributed by atoms with van der Waals surface area (Å²) < 4.78 is 12.9. The Kier molecular flexibility index (Phi) is 6.59. The molecule has 0 unspecified atom stereocenters. The Bertz CT molecular complexity index is 1160. The van der Waals surface area contributed by atoms with E-state index in [4.69, 9.17) is 20.8 Å². The van der Waals surface area contributed by atoms with Gasteiger partial charge in [-0.1, -0.05) is 35.5 Å². The summed E-state index contributed by atoms with van der Waals surface area (Å²) in [4.78, 5) is 12.6. The topological polar surface area (TPSA) is 82.2 Å². The van der Waals surface area contributed by atoms with Gasteiger partial charge in [0.25, 0.3) is 0 Å². The Balaban J connectivity index is 1.55. The van der Waals surface area contributed by atoms with Gasteiger partial charge in [0, 0.05) is 10.7 Å². The number of thioether (sulfide) groups is 1. The van der Waals surface area contributed by atoms with Gasteiger partial charge >= 0.3 is 0 Å². The van der Waals surface area contributed by atoms with Gasteiger partial charge < -0.3 is 14.5 Å². The molecule has 0 radical (unpaired) electrons. The number of nitrogens with zero attached hydrogens (tertiary/aromatic N) is 3. The van der Waals surface area contributed by atoms with Crippen LogP contribution >= 0.6 is 23.4 Å². The van der Waals surface area contributed by atoms with Crippen LogP contribution in [0.1, 0.15) is 6.92 Å². The molecule has 0 spiro atoms. The van der Waals surface area contributed by atoms with Gasteiger partial charge in [-0.15, -0.1) is 10.2 Å². The standard InChI is InChI=1S/C22H19ClN4O3S/c1-2-29-18-7-4-3-6-17(18)24-20(28)14-31-22-26-25-21(19-8-5-13-30-19)27(22)16-11-9-15(23)10-12-16/h3-13H,2,14H2,1H3,(H,24,28). The minimum absolute atomic E-state index is 0.143. The fourth-order valence-electron chi connectivity index (χ4n) is 2.92. The molecule has 2 heterocycles. The summed E-state index contributed by atoms with van der Waals surface area (Å²) in [5.74, 6) is 1.71. The van der Waals surface area contributed by atoms with Crippen LogP contribution < -0.4 is 10.1 Å². The molecule has 0 aliphatic rings. The number of halogens is 1. The number of carbonyl (C=O) groups excluding carboxylic acids is 1. The van der Waals surface area contributed by atoms with E-state index >= 15 is 0 Å². The maximum absolute atomic E-state index is 12.6. The fourth-order valence-corrected chi connectivity index (χ4v) is 3.80. The van der Waals surface area contributed by atoms with E-state index in [9.17, 15) is 4.79 Å². The molecule has 2 aromatic heterocycles. The second-order valence-electron chi connectivity index (χ2n) is 6.36. The van der Waals surface area contributed by atoms with Gasteiger partial charge in [-0.25, -0.2) is 0 Å². The summed E-state index contributed by atoms with van der Waals surface area (Å²) in [6.07, 6.45) is 1.58. The highest BCUT2D eigenvalue weighted by atomic mass is 35.5. The average molecular weight is 455 g/mol. The minimum Gasteiger partial charge on any atom is -0.492 e. The lowest BCUT2D eigenvalue weighted by Crippen LogP contribution is -2.15. The number of anilines is 1. The first-order valence-corrected chi connectivity index (χ1v) is 10.9. The maximum atomic E-state index is 12.6. The van der Waals surface area contributed by atoms with Crippen LogP contribution in [0.3, 0.4) is 0 Å². The lowest BCUT2D eigenvalue weighted by Gasteiger charge is -2.12. The van der Waals surface area contributed by atoms with Crippen molar-refractivity contribution in [2.75, 3.05) is 17.7 Å². The van der Waals surface area contributed by atoms with Crippen LogP contribution in [-0.2, 0) is 4.79 Å². The number of para-hydroxylation sites is 2. The van der Waals surface area contributed by atoms with Crippen LogP contribution in [-0.4, -0.2) is 33.0 Å². The molecular weight excluding hydrogens is 436 g/mol. The molecule has 0 atom stereocenters. The molecule has 2 aromatic carbocycles. The van der Waals surface area contributed by atoms with E-state index in [0.29, 0.717) is 39.8 Å². The summed E-state index contributed by atoms with van der Waals surface area (Å²) >= 11 is 7.31. The molecule has 1 N–H and O–H groups in total. The van der Waals surface area contributed by atoms with Gasteiger partial charge in [-0.05, 0) is 55.5 Å². The number of nitrogens with one attached hydrogen (secondary N) is 1. The summed E-state index contributed by atoms with van der Waals surface area (Å²) in [6, 6.07) is 18.2. The third-order valence-electron chi connectivity index (χ3n) is 4.25. The SMILES string of the molecule is CCOc1ccccc1NC(=O)CSc1nnc(-c2ccco2)n1-c1ccc(Cl)cc1. The molecule has 158 valence electrons. The van der Waals surface area contributed by atoms with Crippen LogP contribution in [0.25, 0.3) is 17.3 Å². The predicted octanol–water partition coefficient (Wildman–Crippen LogP) is 5.31. The number of amides is 1. The van der Waals surface area contributed by atoms with Crippen molar-refractivity contribution < 1.29 is 13.9 Å². The van der Waals surface area contributed by atoms with Crippen LogP contribution in [0.15, 0.2) is 76.5 Å². The molecule has 1 amide bonds. The third kappa shape index (κ3) is 4.92. The first kappa shape index (κ1) is 21.0. The zero-order valence-corrected chi connectivity index (χ0v) is 18.2. The Morgan fingerprint density at radius 2 is 1.94 bits per heavy atom. The summed E-state index contributed by atoms with van der Waals surface area (Å²) in [5, 5.41) is 12.6. The second-order valence-corrected chi connectivity index (χ2v) is 7.74. The number of carbonyl (C=O) groups is 1. The molecule has 9 heteroatoms. The largest absolute Gasteiger partial charge is 0.492 e. The van der Waals surface area contributed by atoms with Crippen molar-refractivity contribution in [3.05, 3.63) is 71.9 Å². The number of hydrogen-bond acceptors (Lipinski definition) is 6. The lowest BCUT2D eigenvalue weighted by molar-refractivity contribution is -0.113. The monoisotopic (exact) mass is 454 g/mol. The van der Waals surface area contributed by atoms with Crippen molar-refractivity contribution in [1.29, 1.82) is 0 Å². The highest BCUT2D eigenvalue weighted by Crippen LogP contribution is 2.29. The molecule has 4 aromatic rings. The first-order valence-electron chi connectivity index (χ1n) is 9.55. The van der Waals surface area contributed by atoms with Gasteiger partial charge in [0.1, 0.15) is 5.75 Å². The maximum Gasteiger partial charge on any atom is 0.234 e. The summed E-state index contributed by atoms with van der Waals surface area (Å²) in [7, 11) is 0. The molecule has 0 aliphatic carbocycles. The number of rotatable bonds is 8. The Morgan fingerprint density at radius 3 is 2.68 bits per heavy atom. The van der Waals surface area contributed by atoms with Crippen LogP contribution in [0, 0.1) is 0 Å². The van der Waals surface area contributed by atoms with Crippen molar-refractivity contribution in [3.63, 3.8) is 0 Å². The molecule has 4 rings (SSSR count). The molecular formula is C22H19ClN4O3S. The molecule has 0 aliphatic heterocycles. The van der Waals surface area contributed by atoms with E-state index < -0.39 is 0 Å². The molecule has 0 saturated carbocycles. The zero-order chi connectivity index (χ0) is 21.6. The van der Waals surface area contributed by atoms with E-state index in [2.05, 4.69) is 15.5 Å². The average Bonchev–Trinajstić information content (AvgIpc) is 3.44. The smallest absolute Gasteiger partial charge is 0.234 e. The van der Waals surface area contributed by atoms with Gasteiger partial charge in [-0.3, -0.25) is 9.36 Å². The van der Waals surface area contributed by atoms with Gasteiger partial charge in [0.05, 0.1) is 24.3 Å². The predicted molar refractivity (Wildman–Crippen MR) is 121 cm³/mol. The van der Waals surface area contributed by atoms with Gasteiger partial charge in [0.2, 0.25) is 11.7 Å². The van der Waals surface area contributed by atoms with Crippen molar-refractivity contribution >= 4 is 35.0 Å². The number of aromatic nitrogens is 3. The van der Waals surface area contributed by atoms with E-state index in [1.54, 1.807) is 30.5 Å². The van der Waals surface area contributed by atoms with Crippen molar-refractivity contribution in [2.24, 2.45) is 0 Å². The molecule has 0 fully saturated rings. The zero-order valence-electron chi connectivity index (χ0n) is 16.6. The Labute approximate surface area is 188 Å². The van der Waals surface area contributed by atoms with Crippen LogP contribution in [0.2, 0.25) is 5.02 Å². The molecule has 7 nitrogen and oxygen atoms in total. The highest BCUT2D eigenvalue weighted by Gasteiger charge is 2.19. The quantitative estimate of drug-likeness (QED) is 0.363. The first-order chi connectivity index (χ1) is 15.2. The van der Waals surface area contributed by atoms with Gasteiger partial charge in [-0.2, -0.15) is 0 Å². The lowest BCUT2D eigenvalue weighted by atomic mass is 10.3. The van der Waals surface area contributed by atoms with Crippen molar-refractivity contribution in [1.82, 2.24) is 14.8 Å². The van der Waals surface area contributed by atoms with Crippen LogP contribution in [0.5, 0.6) is 5.75 Å². The van der Waals surface area contributed by atoms with Crippen molar-refractivity contribution in [3.8, 4) is 23.0 Å². The highest BCUT2D eigenvalue weighted by molar-refractivity contribution is 7.99. The number of ether oxygens (including phenoxy) is 1.